The van der Waals surface area contributed by atoms with E-state index in [1.807, 2.05) is 7.05 Å². The highest BCUT2D eigenvalue weighted by Gasteiger charge is 2.23. The maximum atomic E-state index is 11.9. The Morgan fingerprint density at radius 1 is 1.47 bits per heavy atom. The second-order valence-corrected chi connectivity index (χ2v) is 6.12. The van der Waals surface area contributed by atoms with Gasteiger partial charge in [-0.05, 0) is 32.9 Å². The third-order valence-electron chi connectivity index (χ3n) is 2.79. The molecule has 7 heteroatoms. The summed E-state index contributed by atoms with van der Waals surface area (Å²) in [6, 6.07) is -0.0829. The normalized spacial score (nSPS) is 21.9. The van der Waals surface area contributed by atoms with Gasteiger partial charge in [0.15, 0.2) is 0 Å². The monoisotopic (exact) mass is 265 g/mol. The smallest absolute Gasteiger partial charge is 0.279 e. The molecular weight excluding hydrogens is 242 g/mol. The first-order valence-corrected chi connectivity index (χ1v) is 7.46. The Balaban J connectivity index is 2.37. The van der Waals surface area contributed by atoms with Gasteiger partial charge in [-0.15, -0.1) is 0 Å². The van der Waals surface area contributed by atoms with E-state index in [0.29, 0.717) is 13.2 Å². The van der Waals surface area contributed by atoms with Crippen LogP contribution in [-0.2, 0) is 14.9 Å². The van der Waals surface area contributed by atoms with Gasteiger partial charge in [-0.3, -0.25) is 0 Å². The summed E-state index contributed by atoms with van der Waals surface area (Å²) in [5.74, 6) is 0. The van der Waals surface area contributed by atoms with Crippen molar-refractivity contribution in [2.24, 2.45) is 0 Å². The summed E-state index contributed by atoms with van der Waals surface area (Å²) in [7, 11) is 0.0874. The molecule has 0 aromatic carbocycles. The van der Waals surface area contributed by atoms with Gasteiger partial charge >= 0.3 is 0 Å². The maximum absolute atomic E-state index is 11.9. The summed E-state index contributed by atoms with van der Waals surface area (Å²) in [6.45, 7) is 2.54. The first-order valence-electron chi connectivity index (χ1n) is 6.02. The van der Waals surface area contributed by atoms with Crippen LogP contribution in [0.5, 0.6) is 0 Å². The van der Waals surface area contributed by atoms with Crippen molar-refractivity contribution in [2.45, 2.75) is 25.3 Å². The van der Waals surface area contributed by atoms with Gasteiger partial charge in [0.2, 0.25) is 0 Å². The minimum atomic E-state index is -3.36. The standard InChI is InChI=1S/C10H23N3O3S/c1-11-6-4-7-13(2)17(14,15)12-10-5-3-8-16-9-10/h10-12H,3-9H2,1-2H3. The second-order valence-electron chi connectivity index (χ2n) is 4.32. The van der Waals surface area contributed by atoms with Crippen molar-refractivity contribution in [1.82, 2.24) is 14.3 Å². The van der Waals surface area contributed by atoms with Crippen LogP contribution in [0.25, 0.3) is 0 Å². The van der Waals surface area contributed by atoms with Crippen molar-refractivity contribution in [3.8, 4) is 0 Å². The summed E-state index contributed by atoms with van der Waals surface area (Å²) < 4.78 is 33.1. The molecule has 6 nitrogen and oxygen atoms in total. The number of rotatable bonds is 7. The van der Waals surface area contributed by atoms with Crippen molar-refractivity contribution in [1.29, 1.82) is 0 Å². The number of hydrogen-bond acceptors (Lipinski definition) is 4. The zero-order valence-electron chi connectivity index (χ0n) is 10.6. The minimum Gasteiger partial charge on any atom is -0.380 e. The molecule has 102 valence electrons. The highest BCUT2D eigenvalue weighted by atomic mass is 32.2. The SMILES string of the molecule is CNCCCN(C)S(=O)(=O)NC1CCCOC1. The summed E-state index contributed by atoms with van der Waals surface area (Å²) in [6.07, 6.45) is 2.56. The molecule has 0 aromatic rings. The molecule has 0 amide bonds. The molecule has 0 saturated carbocycles. The van der Waals surface area contributed by atoms with E-state index < -0.39 is 10.2 Å². The molecule has 1 heterocycles. The Labute approximate surface area is 104 Å². The Bertz CT molecular complexity index is 302. The van der Waals surface area contributed by atoms with Crippen molar-refractivity contribution in [2.75, 3.05) is 40.4 Å². The predicted molar refractivity (Wildman–Crippen MR) is 67.1 cm³/mol. The lowest BCUT2D eigenvalue weighted by Crippen LogP contribution is -2.47. The van der Waals surface area contributed by atoms with Crippen LogP contribution in [0.2, 0.25) is 0 Å². The van der Waals surface area contributed by atoms with Gasteiger partial charge in [-0.25, -0.2) is 0 Å². The fraction of sp³-hybridized carbons (Fsp3) is 1.00. The highest BCUT2D eigenvalue weighted by molar-refractivity contribution is 7.87. The van der Waals surface area contributed by atoms with Crippen molar-refractivity contribution < 1.29 is 13.2 Å². The van der Waals surface area contributed by atoms with Gasteiger partial charge < -0.3 is 10.1 Å². The third-order valence-corrected chi connectivity index (χ3v) is 4.42. The zero-order chi connectivity index (χ0) is 12.7. The average Bonchev–Trinajstić information content (AvgIpc) is 2.30. The Morgan fingerprint density at radius 2 is 2.24 bits per heavy atom. The third kappa shape index (κ3) is 5.31. The Kier molecular flexibility index (Phi) is 6.35. The van der Waals surface area contributed by atoms with Gasteiger partial charge in [0, 0.05) is 26.2 Å². The molecule has 1 aliphatic rings. The molecule has 0 aromatic heterocycles. The van der Waals surface area contributed by atoms with Gasteiger partial charge in [-0.2, -0.15) is 17.4 Å². The van der Waals surface area contributed by atoms with E-state index in [0.717, 1.165) is 32.4 Å². The number of nitrogens with zero attached hydrogens (tertiary/aromatic N) is 1. The van der Waals surface area contributed by atoms with Gasteiger partial charge in [0.05, 0.1) is 6.61 Å². The lowest BCUT2D eigenvalue weighted by atomic mass is 10.1. The summed E-state index contributed by atoms with van der Waals surface area (Å²) in [5.41, 5.74) is 0. The highest BCUT2D eigenvalue weighted by Crippen LogP contribution is 2.08. The fourth-order valence-corrected chi connectivity index (χ4v) is 2.89. The van der Waals surface area contributed by atoms with Crippen LogP contribution in [0, 0.1) is 0 Å². The van der Waals surface area contributed by atoms with Gasteiger partial charge in [0.1, 0.15) is 0 Å². The molecule has 1 atom stereocenters. The fourth-order valence-electron chi connectivity index (χ4n) is 1.73. The van der Waals surface area contributed by atoms with Crippen LogP contribution in [0.4, 0.5) is 0 Å². The van der Waals surface area contributed by atoms with E-state index in [-0.39, 0.29) is 6.04 Å². The van der Waals surface area contributed by atoms with Crippen LogP contribution < -0.4 is 10.0 Å². The molecule has 1 rings (SSSR count). The van der Waals surface area contributed by atoms with Gasteiger partial charge in [-0.1, -0.05) is 0 Å². The molecule has 0 aliphatic carbocycles. The molecule has 0 radical (unpaired) electrons. The second kappa shape index (κ2) is 7.27. The van der Waals surface area contributed by atoms with Crippen molar-refractivity contribution >= 4 is 10.2 Å². The van der Waals surface area contributed by atoms with E-state index in [9.17, 15) is 8.42 Å². The van der Waals surface area contributed by atoms with E-state index in [1.54, 1.807) is 7.05 Å². The van der Waals surface area contributed by atoms with E-state index in [2.05, 4.69) is 10.0 Å². The number of ether oxygens (including phenoxy) is 1. The van der Waals surface area contributed by atoms with Gasteiger partial charge in [0.25, 0.3) is 10.2 Å². The molecule has 1 fully saturated rings. The first kappa shape index (κ1) is 14.8. The molecule has 1 saturated heterocycles. The number of hydrogen-bond donors (Lipinski definition) is 2. The van der Waals surface area contributed by atoms with Crippen LogP contribution in [0.1, 0.15) is 19.3 Å². The zero-order valence-corrected chi connectivity index (χ0v) is 11.4. The summed E-state index contributed by atoms with van der Waals surface area (Å²) >= 11 is 0. The average molecular weight is 265 g/mol. The Hall–Kier alpha value is -0.210. The molecule has 1 unspecified atom stereocenters. The van der Waals surface area contributed by atoms with Crippen LogP contribution >= 0.6 is 0 Å². The van der Waals surface area contributed by atoms with Crippen LogP contribution in [0.3, 0.4) is 0 Å². The first-order chi connectivity index (χ1) is 8.06. The largest absolute Gasteiger partial charge is 0.380 e. The summed E-state index contributed by atoms with van der Waals surface area (Å²) in [5, 5.41) is 2.99. The topological polar surface area (TPSA) is 70.7 Å². The van der Waals surface area contributed by atoms with Crippen LogP contribution in [0.15, 0.2) is 0 Å². The lowest BCUT2D eigenvalue weighted by Gasteiger charge is -2.26. The van der Waals surface area contributed by atoms with E-state index in [4.69, 9.17) is 4.74 Å². The quantitative estimate of drug-likeness (QED) is 0.611. The van der Waals surface area contributed by atoms with E-state index in [1.165, 1.54) is 4.31 Å². The molecule has 0 spiro atoms. The molecule has 0 bridgehead atoms. The number of nitrogens with one attached hydrogen (secondary N) is 2. The molecule has 2 N–H and O–H groups in total. The van der Waals surface area contributed by atoms with Crippen LogP contribution in [-0.4, -0.2) is 59.2 Å². The van der Waals surface area contributed by atoms with Crippen molar-refractivity contribution in [3.63, 3.8) is 0 Å². The maximum Gasteiger partial charge on any atom is 0.279 e. The minimum absolute atomic E-state index is 0.0829. The van der Waals surface area contributed by atoms with E-state index >= 15 is 0 Å². The molecule has 17 heavy (non-hydrogen) atoms. The van der Waals surface area contributed by atoms with Crippen molar-refractivity contribution in [3.05, 3.63) is 0 Å². The molecular formula is C10H23N3O3S. The Morgan fingerprint density at radius 3 is 2.82 bits per heavy atom. The molecule has 1 aliphatic heterocycles. The predicted octanol–water partition coefficient (Wildman–Crippen LogP) is -0.459. The lowest BCUT2D eigenvalue weighted by molar-refractivity contribution is 0.0769. The summed E-state index contributed by atoms with van der Waals surface area (Å²) in [4.78, 5) is 0.